The van der Waals surface area contributed by atoms with Crippen molar-refractivity contribution in [2.75, 3.05) is 11.9 Å². The van der Waals surface area contributed by atoms with Crippen LogP contribution in [0.3, 0.4) is 0 Å². The minimum absolute atomic E-state index is 0.0345. The van der Waals surface area contributed by atoms with Crippen LogP contribution in [0.15, 0.2) is 85.3 Å². The molecule has 0 aliphatic carbocycles. The molecule has 0 saturated heterocycles. The molecule has 3 N–H and O–H groups in total. The molecule has 0 unspecified atom stereocenters. The van der Waals surface area contributed by atoms with Gasteiger partial charge in [-0.05, 0) is 41.2 Å². The maximum absolute atomic E-state index is 6.34. The molecule has 1 atom stereocenters. The molecule has 0 aliphatic rings. The van der Waals surface area contributed by atoms with Crippen molar-refractivity contribution >= 4 is 5.95 Å². The molecule has 0 spiro atoms. The van der Waals surface area contributed by atoms with Crippen molar-refractivity contribution in [3.05, 3.63) is 96.4 Å². The van der Waals surface area contributed by atoms with Crippen molar-refractivity contribution < 1.29 is 0 Å². The molecule has 5 nitrogen and oxygen atoms in total. The Morgan fingerprint density at radius 3 is 2.44 bits per heavy atom. The van der Waals surface area contributed by atoms with Crippen molar-refractivity contribution in [2.45, 2.75) is 32.2 Å². The highest BCUT2D eigenvalue weighted by Crippen LogP contribution is 2.32. The fraction of sp³-hybridized carbons (Fsp3) is 0.222. The first-order valence-corrected chi connectivity index (χ1v) is 11.0. The number of pyridine rings is 1. The second-order valence-electron chi connectivity index (χ2n) is 8.30. The highest BCUT2D eigenvalue weighted by atomic mass is 15.1. The van der Waals surface area contributed by atoms with Gasteiger partial charge in [-0.2, -0.15) is 0 Å². The highest BCUT2D eigenvalue weighted by Gasteiger charge is 2.13. The van der Waals surface area contributed by atoms with Crippen molar-refractivity contribution in [1.82, 2.24) is 15.0 Å². The zero-order valence-corrected chi connectivity index (χ0v) is 18.6. The summed E-state index contributed by atoms with van der Waals surface area (Å²) in [6.07, 6.45) is 6.27. The van der Waals surface area contributed by atoms with Gasteiger partial charge in [0, 0.05) is 42.3 Å². The Morgan fingerprint density at radius 2 is 1.69 bits per heavy atom. The molecule has 4 aromatic rings. The standard InChI is InChI=1S/C27H29N5/c1-19(2)22-9-6-10-23(16-22)25-18-31-27(32-26(25)21-11-13-29-14-12-21)30-17-24(28)15-20-7-4-3-5-8-20/h3-14,16,18-19,24H,15,17,28H2,1-2H3,(H,30,31,32)/t24-/m1/s1. The summed E-state index contributed by atoms with van der Waals surface area (Å²) in [5.41, 5.74) is 12.8. The predicted octanol–water partition coefficient (Wildman–Crippen LogP) is 5.31. The van der Waals surface area contributed by atoms with E-state index in [9.17, 15) is 0 Å². The molecule has 0 fully saturated rings. The molecule has 32 heavy (non-hydrogen) atoms. The Hall–Kier alpha value is -3.57. The van der Waals surface area contributed by atoms with Crippen LogP contribution in [0.5, 0.6) is 0 Å². The van der Waals surface area contributed by atoms with Crippen LogP contribution >= 0.6 is 0 Å². The van der Waals surface area contributed by atoms with Gasteiger partial charge in [0.2, 0.25) is 5.95 Å². The van der Waals surface area contributed by atoms with Crippen LogP contribution in [0.2, 0.25) is 0 Å². The van der Waals surface area contributed by atoms with Crippen LogP contribution in [0.4, 0.5) is 5.95 Å². The number of rotatable bonds is 8. The number of benzene rings is 2. The summed E-state index contributed by atoms with van der Waals surface area (Å²) in [5, 5.41) is 3.32. The van der Waals surface area contributed by atoms with Crippen LogP contribution < -0.4 is 11.1 Å². The molecule has 162 valence electrons. The zero-order chi connectivity index (χ0) is 22.3. The lowest BCUT2D eigenvalue weighted by Crippen LogP contribution is -2.31. The third-order valence-electron chi connectivity index (χ3n) is 5.47. The van der Waals surface area contributed by atoms with Gasteiger partial charge in [-0.25, -0.2) is 9.97 Å². The van der Waals surface area contributed by atoms with Gasteiger partial charge in [-0.1, -0.05) is 68.4 Å². The topological polar surface area (TPSA) is 76.7 Å². The number of nitrogens with two attached hydrogens (primary N) is 1. The fourth-order valence-corrected chi connectivity index (χ4v) is 3.68. The minimum Gasteiger partial charge on any atom is -0.353 e. The van der Waals surface area contributed by atoms with Gasteiger partial charge in [0.05, 0.1) is 5.69 Å². The Labute approximate surface area is 189 Å². The average molecular weight is 424 g/mol. The first-order chi connectivity index (χ1) is 15.6. The lowest BCUT2D eigenvalue weighted by molar-refractivity contribution is 0.696. The SMILES string of the molecule is CC(C)c1cccc(-c2cnc(NC[C@H](N)Cc3ccccc3)nc2-c2ccncc2)c1. The largest absolute Gasteiger partial charge is 0.353 e. The summed E-state index contributed by atoms with van der Waals surface area (Å²) >= 11 is 0. The number of hydrogen-bond acceptors (Lipinski definition) is 5. The van der Waals surface area contributed by atoms with Gasteiger partial charge in [0.25, 0.3) is 0 Å². The second kappa shape index (κ2) is 10.2. The third kappa shape index (κ3) is 5.37. The summed E-state index contributed by atoms with van der Waals surface area (Å²) in [6, 6.07) is 22.8. The van der Waals surface area contributed by atoms with Crippen molar-refractivity contribution in [3.63, 3.8) is 0 Å². The summed E-state index contributed by atoms with van der Waals surface area (Å²) < 4.78 is 0. The number of aromatic nitrogens is 3. The summed E-state index contributed by atoms with van der Waals surface area (Å²) in [6.45, 7) is 4.99. The number of anilines is 1. The molecule has 0 radical (unpaired) electrons. The predicted molar refractivity (Wildman–Crippen MR) is 131 cm³/mol. The minimum atomic E-state index is -0.0345. The van der Waals surface area contributed by atoms with Gasteiger partial charge < -0.3 is 11.1 Å². The van der Waals surface area contributed by atoms with Crippen LogP contribution in [0, 0.1) is 0 Å². The summed E-state index contributed by atoms with van der Waals surface area (Å²) in [4.78, 5) is 13.6. The Balaban J connectivity index is 1.60. The molecule has 2 aromatic heterocycles. The third-order valence-corrected chi connectivity index (χ3v) is 5.47. The highest BCUT2D eigenvalue weighted by molar-refractivity contribution is 5.81. The summed E-state index contributed by atoms with van der Waals surface area (Å²) in [7, 11) is 0. The lowest BCUT2D eigenvalue weighted by Gasteiger charge is -2.15. The first-order valence-electron chi connectivity index (χ1n) is 11.0. The molecule has 0 bridgehead atoms. The monoisotopic (exact) mass is 423 g/mol. The second-order valence-corrected chi connectivity index (χ2v) is 8.30. The van der Waals surface area contributed by atoms with E-state index < -0.39 is 0 Å². The van der Waals surface area contributed by atoms with Gasteiger partial charge in [-0.3, -0.25) is 4.98 Å². The fourth-order valence-electron chi connectivity index (χ4n) is 3.68. The van der Waals surface area contributed by atoms with Gasteiger partial charge in [0.1, 0.15) is 0 Å². The molecule has 0 saturated carbocycles. The average Bonchev–Trinajstić information content (AvgIpc) is 2.84. The normalized spacial score (nSPS) is 12.0. The molecule has 0 aliphatic heterocycles. The lowest BCUT2D eigenvalue weighted by atomic mass is 9.96. The molecule has 2 heterocycles. The Morgan fingerprint density at radius 1 is 0.906 bits per heavy atom. The zero-order valence-electron chi connectivity index (χ0n) is 18.6. The van der Waals surface area contributed by atoms with E-state index in [1.807, 2.05) is 36.5 Å². The smallest absolute Gasteiger partial charge is 0.223 e. The van der Waals surface area contributed by atoms with E-state index in [-0.39, 0.29) is 6.04 Å². The molecule has 5 heteroatoms. The molecular weight excluding hydrogens is 394 g/mol. The Bertz CT molecular complexity index is 1140. The molecule has 0 amide bonds. The van der Waals surface area contributed by atoms with E-state index in [2.05, 4.69) is 65.5 Å². The van der Waals surface area contributed by atoms with E-state index in [0.717, 1.165) is 28.8 Å². The maximum Gasteiger partial charge on any atom is 0.223 e. The van der Waals surface area contributed by atoms with Crippen LogP contribution in [-0.2, 0) is 6.42 Å². The molecule has 4 rings (SSSR count). The van der Waals surface area contributed by atoms with Crippen LogP contribution in [-0.4, -0.2) is 27.5 Å². The van der Waals surface area contributed by atoms with Gasteiger partial charge in [0.15, 0.2) is 0 Å². The van der Waals surface area contributed by atoms with Crippen molar-refractivity contribution in [2.24, 2.45) is 5.73 Å². The van der Waals surface area contributed by atoms with E-state index in [1.54, 1.807) is 12.4 Å². The van der Waals surface area contributed by atoms with E-state index in [1.165, 1.54) is 11.1 Å². The Kier molecular flexibility index (Phi) is 6.87. The quantitative estimate of drug-likeness (QED) is 0.402. The molecular formula is C27H29N5. The van der Waals surface area contributed by atoms with Crippen molar-refractivity contribution in [3.8, 4) is 22.4 Å². The van der Waals surface area contributed by atoms with E-state index in [0.29, 0.717) is 18.4 Å². The summed E-state index contributed by atoms with van der Waals surface area (Å²) in [5.74, 6) is 1.02. The first kappa shape index (κ1) is 21.7. The maximum atomic E-state index is 6.34. The number of nitrogens with zero attached hydrogens (tertiary/aromatic N) is 3. The van der Waals surface area contributed by atoms with Crippen molar-refractivity contribution in [1.29, 1.82) is 0 Å². The van der Waals surface area contributed by atoms with E-state index >= 15 is 0 Å². The van der Waals surface area contributed by atoms with Gasteiger partial charge >= 0.3 is 0 Å². The number of nitrogens with one attached hydrogen (secondary N) is 1. The van der Waals surface area contributed by atoms with Crippen LogP contribution in [0.1, 0.15) is 30.9 Å². The molecule has 2 aromatic carbocycles. The van der Waals surface area contributed by atoms with E-state index in [4.69, 9.17) is 10.7 Å². The van der Waals surface area contributed by atoms with Crippen LogP contribution in [0.25, 0.3) is 22.4 Å². The number of hydrogen-bond donors (Lipinski definition) is 2. The van der Waals surface area contributed by atoms with Gasteiger partial charge in [-0.15, -0.1) is 0 Å².